The molecular formula is C26H28N4O2. The van der Waals surface area contributed by atoms with Gasteiger partial charge in [-0.05, 0) is 37.1 Å². The van der Waals surface area contributed by atoms with E-state index >= 15 is 0 Å². The second-order valence-corrected chi connectivity index (χ2v) is 8.68. The summed E-state index contributed by atoms with van der Waals surface area (Å²) in [5.74, 6) is -0.634. The highest BCUT2D eigenvalue weighted by molar-refractivity contribution is 5.74. The molecule has 1 aliphatic heterocycles. The van der Waals surface area contributed by atoms with Crippen LogP contribution < -0.4 is 0 Å². The van der Waals surface area contributed by atoms with Crippen LogP contribution in [0.5, 0.6) is 0 Å². The van der Waals surface area contributed by atoms with Crippen molar-refractivity contribution in [3.05, 3.63) is 96.1 Å². The molecular weight excluding hydrogens is 400 g/mol. The third-order valence-corrected chi connectivity index (χ3v) is 5.82. The SMILES string of the molecule is CC1(C)OCC(C(N(Cc2ccccc2)Cc2ccccc2)n2nnc3ccccc32)O1. The van der Waals surface area contributed by atoms with Crippen molar-refractivity contribution < 1.29 is 9.47 Å². The summed E-state index contributed by atoms with van der Waals surface area (Å²) in [6.45, 7) is 5.90. The van der Waals surface area contributed by atoms with Gasteiger partial charge in [-0.2, -0.15) is 0 Å². The van der Waals surface area contributed by atoms with Crippen LogP contribution in [0, 0.1) is 0 Å². The summed E-state index contributed by atoms with van der Waals surface area (Å²) >= 11 is 0. The highest BCUT2D eigenvalue weighted by Crippen LogP contribution is 2.34. The first-order chi connectivity index (χ1) is 15.6. The molecule has 164 valence electrons. The van der Waals surface area contributed by atoms with E-state index in [-0.39, 0.29) is 12.3 Å². The molecule has 0 radical (unpaired) electrons. The Morgan fingerprint density at radius 1 is 0.906 bits per heavy atom. The van der Waals surface area contributed by atoms with Gasteiger partial charge in [-0.1, -0.05) is 78.0 Å². The smallest absolute Gasteiger partial charge is 0.163 e. The molecule has 2 heterocycles. The Kier molecular flexibility index (Phi) is 5.74. The molecule has 1 aromatic heterocycles. The van der Waals surface area contributed by atoms with Gasteiger partial charge in [0.2, 0.25) is 0 Å². The summed E-state index contributed by atoms with van der Waals surface area (Å²) in [6, 6.07) is 29.1. The Bertz CT molecular complexity index is 1120. The lowest BCUT2D eigenvalue weighted by Gasteiger charge is -2.35. The van der Waals surface area contributed by atoms with Crippen molar-refractivity contribution in [2.75, 3.05) is 6.61 Å². The fourth-order valence-electron chi connectivity index (χ4n) is 4.37. The average Bonchev–Trinajstić information content (AvgIpc) is 3.39. The molecule has 2 unspecified atom stereocenters. The van der Waals surface area contributed by atoms with Gasteiger partial charge in [0.25, 0.3) is 0 Å². The number of rotatable bonds is 7. The Balaban J connectivity index is 1.59. The number of para-hydroxylation sites is 1. The van der Waals surface area contributed by atoms with Crippen molar-refractivity contribution in [1.82, 2.24) is 19.9 Å². The zero-order valence-corrected chi connectivity index (χ0v) is 18.5. The van der Waals surface area contributed by atoms with Gasteiger partial charge in [-0.15, -0.1) is 5.10 Å². The van der Waals surface area contributed by atoms with Gasteiger partial charge in [0.1, 0.15) is 17.8 Å². The summed E-state index contributed by atoms with van der Waals surface area (Å²) in [7, 11) is 0. The van der Waals surface area contributed by atoms with Crippen LogP contribution in [-0.4, -0.2) is 38.4 Å². The summed E-state index contributed by atoms with van der Waals surface area (Å²) in [5.41, 5.74) is 4.32. The summed E-state index contributed by atoms with van der Waals surface area (Å²) < 4.78 is 14.4. The van der Waals surface area contributed by atoms with Crippen molar-refractivity contribution >= 4 is 11.0 Å². The number of benzene rings is 3. The molecule has 0 bridgehead atoms. The number of hydrogen-bond acceptors (Lipinski definition) is 5. The fraction of sp³-hybridized carbons (Fsp3) is 0.308. The maximum Gasteiger partial charge on any atom is 0.163 e. The van der Waals surface area contributed by atoms with Crippen molar-refractivity contribution in [1.29, 1.82) is 0 Å². The lowest BCUT2D eigenvalue weighted by Crippen LogP contribution is -2.42. The molecule has 0 spiro atoms. The Morgan fingerprint density at radius 2 is 1.50 bits per heavy atom. The van der Waals surface area contributed by atoms with Crippen molar-refractivity contribution in [2.24, 2.45) is 0 Å². The lowest BCUT2D eigenvalue weighted by molar-refractivity contribution is -0.153. The van der Waals surface area contributed by atoms with Crippen molar-refractivity contribution in [2.45, 2.75) is 45.0 Å². The van der Waals surface area contributed by atoms with Crippen LogP contribution in [0.2, 0.25) is 0 Å². The zero-order chi connectivity index (χ0) is 22.0. The topological polar surface area (TPSA) is 52.4 Å². The van der Waals surface area contributed by atoms with Crippen LogP contribution in [0.1, 0.15) is 31.1 Å². The molecule has 0 amide bonds. The minimum Gasteiger partial charge on any atom is -0.348 e. The van der Waals surface area contributed by atoms with Gasteiger partial charge in [-0.3, -0.25) is 4.90 Å². The summed E-state index contributed by atoms with van der Waals surface area (Å²) in [4.78, 5) is 2.40. The average molecular weight is 429 g/mol. The van der Waals surface area contributed by atoms with Gasteiger partial charge in [-0.25, -0.2) is 4.68 Å². The van der Waals surface area contributed by atoms with E-state index in [1.165, 1.54) is 11.1 Å². The second kappa shape index (κ2) is 8.82. The van der Waals surface area contributed by atoms with Crippen molar-refractivity contribution in [3.8, 4) is 0 Å². The van der Waals surface area contributed by atoms with Crippen LogP contribution in [0.15, 0.2) is 84.9 Å². The summed E-state index contributed by atoms with van der Waals surface area (Å²) in [6.07, 6.45) is -0.382. The molecule has 2 atom stereocenters. The predicted molar refractivity (Wildman–Crippen MR) is 124 cm³/mol. The van der Waals surface area contributed by atoms with E-state index in [4.69, 9.17) is 9.47 Å². The van der Waals surface area contributed by atoms with E-state index in [9.17, 15) is 0 Å². The molecule has 1 aliphatic rings. The van der Waals surface area contributed by atoms with Gasteiger partial charge in [0.05, 0.1) is 12.1 Å². The van der Waals surface area contributed by atoms with E-state index in [1.54, 1.807) is 0 Å². The maximum atomic E-state index is 6.39. The molecule has 0 N–H and O–H groups in total. The number of fused-ring (bicyclic) bond motifs is 1. The van der Waals surface area contributed by atoms with Crippen LogP contribution in [0.3, 0.4) is 0 Å². The third kappa shape index (κ3) is 4.43. The molecule has 6 nitrogen and oxygen atoms in total. The quantitative estimate of drug-likeness (QED) is 0.424. The highest BCUT2D eigenvalue weighted by atomic mass is 16.7. The van der Waals surface area contributed by atoms with E-state index in [0.29, 0.717) is 6.61 Å². The maximum absolute atomic E-state index is 6.39. The fourth-order valence-corrected chi connectivity index (χ4v) is 4.37. The molecule has 0 saturated carbocycles. The van der Waals surface area contributed by atoms with Crippen molar-refractivity contribution in [3.63, 3.8) is 0 Å². The molecule has 1 saturated heterocycles. The first-order valence-electron chi connectivity index (χ1n) is 11.0. The number of nitrogens with zero attached hydrogens (tertiary/aromatic N) is 4. The minimum absolute atomic E-state index is 0.190. The summed E-state index contributed by atoms with van der Waals surface area (Å²) in [5, 5.41) is 9.02. The Hall–Kier alpha value is -3.06. The van der Waals surface area contributed by atoms with Gasteiger partial charge >= 0.3 is 0 Å². The number of hydrogen-bond donors (Lipinski definition) is 0. The van der Waals surface area contributed by atoms with Crippen LogP contribution in [0.4, 0.5) is 0 Å². The molecule has 0 aliphatic carbocycles. The Labute approximate surface area is 188 Å². The molecule has 5 rings (SSSR count). The molecule has 6 heteroatoms. The lowest BCUT2D eigenvalue weighted by atomic mass is 10.1. The normalized spacial score (nSPS) is 18.9. The molecule has 4 aromatic rings. The third-order valence-electron chi connectivity index (χ3n) is 5.82. The van der Waals surface area contributed by atoms with E-state index in [1.807, 2.05) is 48.9 Å². The van der Waals surface area contributed by atoms with E-state index < -0.39 is 5.79 Å². The Morgan fingerprint density at radius 3 is 2.09 bits per heavy atom. The minimum atomic E-state index is -0.634. The first-order valence-corrected chi connectivity index (χ1v) is 11.0. The first kappa shape index (κ1) is 20.8. The van der Waals surface area contributed by atoms with Gasteiger partial charge < -0.3 is 9.47 Å². The van der Waals surface area contributed by atoms with Crippen LogP contribution in [0.25, 0.3) is 11.0 Å². The largest absolute Gasteiger partial charge is 0.348 e. The number of aromatic nitrogens is 3. The van der Waals surface area contributed by atoms with Crippen LogP contribution >= 0.6 is 0 Å². The van der Waals surface area contributed by atoms with E-state index in [2.05, 4.69) is 69.8 Å². The second-order valence-electron chi connectivity index (χ2n) is 8.68. The number of ether oxygens (including phenoxy) is 2. The molecule has 32 heavy (non-hydrogen) atoms. The monoisotopic (exact) mass is 428 g/mol. The van der Waals surface area contributed by atoms with Crippen LogP contribution in [-0.2, 0) is 22.6 Å². The standard InChI is InChI=1S/C26H28N4O2/c1-26(2)31-19-24(32-26)25(30-23-16-10-9-15-22(23)27-28-30)29(17-20-11-5-3-6-12-20)18-21-13-7-4-8-14-21/h3-16,24-25H,17-19H2,1-2H3. The zero-order valence-electron chi connectivity index (χ0n) is 18.5. The predicted octanol–water partition coefficient (Wildman–Crippen LogP) is 4.78. The van der Waals surface area contributed by atoms with E-state index in [0.717, 1.165) is 24.1 Å². The highest BCUT2D eigenvalue weighted by Gasteiger charge is 2.42. The van der Waals surface area contributed by atoms with Gasteiger partial charge in [0, 0.05) is 13.1 Å². The molecule has 3 aromatic carbocycles. The molecule has 1 fully saturated rings. The van der Waals surface area contributed by atoms with Gasteiger partial charge in [0.15, 0.2) is 5.79 Å².